The van der Waals surface area contributed by atoms with Gasteiger partial charge in [0, 0.05) is 25.0 Å². The number of benzene rings is 2. The van der Waals surface area contributed by atoms with Crippen LogP contribution < -0.4 is 16.4 Å². The summed E-state index contributed by atoms with van der Waals surface area (Å²) >= 11 is 0. The number of nitrogens with one attached hydrogen (secondary N) is 2. The number of nitro benzene ring substituents is 1. The minimum Gasteiger partial charge on any atom is -0.508 e. The summed E-state index contributed by atoms with van der Waals surface area (Å²) in [6.45, 7) is 5.00. The van der Waals surface area contributed by atoms with Gasteiger partial charge in [0.05, 0.1) is 4.92 Å². The van der Waals surface area contributed by atoms with Crippen molar-refractivity contribution in [3.63, 3.8) is 0 Å². The van der Waals surface area contributed by atoms with Gasteiger partial charge in [0.2, 0.25) is 11.8 Å². The van der Waals surface area contributed by atoms with Gasteiger partial charge in [-0.3, -0.25) is 19.7 Å². The molecule has 0 aromatic heterocycles. The average molecular weight is 472 g/mol. The monoisotopic (exact) mass is 472 g/mol. The van der Waals surface area contributed by atoms with Crippen molar-refractivity contribution >= 4 is 23.6 Å². The van der Waals surface area contributed by atoms with E-state index in [1.807, 2.05) is 0 Å². The van der Waals surface area contributed by atoms with Crippen molar-refractivity contribution in [1.82, 2.24) is 10.6 Å². The summed E-state index contributed by atoms with van der Waals surface area (Å²) in [5.41, 5.74) is 5.72. The van der Waals surface area contributed by atoms with E-state index in [9.17, 15) is 29.6 Å². The van der Waals surface area contributed by atoms with E-state index >= 15 is 0 Å². The third kappa shape index (κ3) is 8.41. The number of ether oxygens (including phenoxy) is 1. The maximum Gasteiger partial charge on any atom is 0.408 e. The quantitative estimate of drug-likeness (QED) is 0.319. The molecule has 0 radical (unpaired) electrons. The number of carbonyl (C=O) groups excluding carboxylic acids is 3. The zero-order valence-electron chi connectivity index (χ0n) is 19.1. The molecule has 0 aliphatic rings. The third-order valence-electron chi connectivity index (χ3n) is 4.63. The van der Waals surface area contributed by atoms with Gasteiger partial charge in [0.15, 0.2) is 0 Å². The second-order valence-corrected chi connectivity index (χ2v) is 8.66. The zero-order chi connectivity index (χ0) is 25.5. The van der Waals surface area contributed by atoms with Gasteiger partial charge in [-0.1, -0.05) is 24.3 Å². The highest BCUT2D eigenvalue weighted by Gasteiger charge is 2.28. The Morgan fingerprint density at radius 1 is 0.971 bits per heavy atom. The van der Waals surface area contributed by atoms with E-state index in [0.717, 1.165) is 0 Å². The number of phenolic OH excluding ortho intramolecular Hbond substituents is 1. The topological polar surface area (TPSA) is 174 Å². The molecule has 2 aromatic rings. The second kappa shape index (κ2) is 11.1. The van der Waals surface area contributed by atoms with Crippen LogP contribution in [0.15, 0.2) is 48.5 Å². The number of primary amides is 1. The fraction of sp³-hybridized carbons (Fsp3) is 0.348. The van der Waals surface area contributed by atoms with Crippen molar-refractivity contribution in [2.75, 3.05) is 0 Å². The molecule has 182 valence electrons. The predicted octanol–water partition coefficient (Wildman–Crippen LogP) is 1.95. The number of phenols is 1. The summed E-state index contributed by atoms with van der Waals surface area (Å²) in [6, 6.07) is 9.33. The zero-order valence-corrected chi connectivity index (χ0v) is 19.1. The van der Waals surface area contributed by atoms with Crippen LogP contribution in [0.5, 0.6) is 5.75 Å². The van der Waals surface area contributed by atoms with Crippen molar-refractivity contribution < 1.29 is 29.2 Å². The molecule has 1 unspecified atom stereocenters. The second-order valence-electron chi connectivity index (χ2n) is 8.66. The maximum atomic E-state index is 13.0. The smallest absolute Gasteiger partial charge is 0.408 e. The van der Waals surface area contributed by atoms with E-state index < -0.39 is 40.5 Å². The van der Waals surface area contributed by atoms with Crippen molar-refractivity contribution in [3.05, 3.63) is 69.8 Å². The summed E-state index contributed by atoms with van der Waals surface area (Å²) in [5.74, 6) is -1.42. The average Bonchev–Trinajstić information content (AvgIpc) is 2.73. The van der Waals surface area contributed by atoms with E-state index in [1.165, 1.54) is 36.4 Å². The van der Waals surface area contributed by atoms with Gasteiger partial charge >= 0.3 is 6.09 Å². The van der Waals surface area contributed by atoms with E-state index in [4.69, 9.17) is 10.5 Å². The number of amides is 3. The Kier molecular flexibility index (Phi) is 8.54. The fourth-order valence-corrected chi connectivity index (χ4v) is 3.01. The minimum atomic E-state index is -1.15. The van der Waals surface area contributed by atoms with Crippen LogP contribution >= 0.6 is 0 Å². The molecule has 0 aliphatic heterocycles. The molecule has 0 fully saturated rings. The van der Waals surface area contributed by atoms with Crippen LogP contribution in [0.4, 0.5) is 10.5 Å². The van der Waals surface area contributed by atoms with Crippen LogP contribution in [-0.4, -0.2) is 45.6 Å². The van der Waals surface area contributed by atoms with Gasteiger partial charge < -0.3 is 26.2 Å². The highest BCUT2D eigenvalue weighted by molar-refractivity contribution is 5.91. The summed E-state index contributed by atoms with van der Waals surface area (Å²) < 4.78 is 5.23. The first kappa shape index (κ1) is 26.1. The molecule has 0 bridgehead atoms. The molecule has 11 heteroatoms. The minimum absolute atomic E-state index is 0.0201. The van der Waals surface area contributed by atoms with E-state index in [-0.39, 0.29) is 24.3 Å². The van der Waals surface area contributed by atoms with Gasteiger partial charge in [-0.25, -0.2) is 4.79 Å². The molecule has 0 spiro atoms. The largest absolute Gasteiger partial charge is 0.508 e. The lowest BCUT2D eigenvalue weighted by atomic mass is 10.0. The Morgan fingerprint density at radius 3 is 1.94 bits per heavy atom. The lowest BCUT2D eigenvalue weighted by Gasteiger charge is -2.25. The number of hydrogen-bond donors (Lipinski definition) is 4. The van der Waals surface area contributed by atoms with Crippen molar-refractivity contribution in [3.8, 4) is 5.75 Å². The molecule has 0 aliphatic carbocycles. The third-order valence-corrected chi connectivity index (χ3v) is 4.63. The molecule has 0 saturated heterocycles. The van der Waals surface area contributed by atoms with Crippen LogP contribution in [0.1, 0.15) is 31.9 Å². The Labute approximate surface area is 196 Å². The van der Waals surface area contributed by atoms with Gasteiger partial charge in [-0.05, 0) is 44.0 Å². The van der Waals surface area contributed by atoms with Crippen LogP contribution in [0.2, 0.25) is 0 Å². The summed E-state index contributed by atoms with van der Waals surface area (Å²) in [5, 5.41) is 25.3. The molecule has 2 atom stereocenters. The van der Waals surface area contributed by atoms with E-state index in [1.54, 1.807) is 32.9 Å². The lowest BCUT2D eigenvalue weighted by molar-refractivity contribution is -0.384. The number of nitrogens with zero attached hydrogens (tertiary/aromatic N) is 1. The highest BCUT2D eigenvalue weighted by Crippen LogP contribution is 2.15. The SMILES string of the molecule is CC(C)(C)OC(=O)N[C@@H](Cc1ccc([N+](=O)[O-])cc1)C(=O)NC(Cc1ccc(O)cc1)C(N)=O. The number of alkyl carbamates (subject to hydrolysis) is 1. The molecular formula is C23H28N4O7. The number of nitrogens with two attached hydrogens (primary N) is 1. The van der Waals surface area contributed by atoms with Crippen LogP contribution in [0.25, 0.3) is 0 Å². The van der Waals surface area contributed by atoms with Crippen molar-refractivity contribution in [1.29, 1.82) is 0 Å². The van der Waals surface area contributed by atoms with E-state index in [0.29, 0.717) is 11.1 Å². The van der Waals surface area contributed by atoms with Gasteiger partial charge in [0.25, 0.3) is 5.69 Å². The Bertz CT molecular complexity index is 1030. The molecule has 0 saturated carbocycles. The maximum absolute atomic E-state index is 13.0. The molecule has 2 rings (SSSR count). The molecule has 11 nitrogen and oxygen atoms in total. The molecule has 34 heavy (non-hydrogen) atoms. The number of hydrogen-bond acceptors (Lipinski definition) is 7. The Hall–Kier alpha value is -4.15. The number of aromatic hydroxyl groups is 1. The first-order valence-electron chi connectivity index (χ1n) is 10.4. The Balaban J connectivity index is 2.21. The van der Waals surface area contributed by atoms with Gasteiger partial charge in [-0.15, -0.1) is 0 Å². The summed E-state index contributed by atoms with van der Waals surface area (Å²) in [6.07, 6.45) is -0.796. The van der Waals surface area contributed by atoms with Gasteiger partial charge in [0.1, 0.15) is 23.4 Å². The standard InChI is InChI=1S/C23H28N4O7/c1-23(2,3)34-22(31)26-19(13-14-4-8-16(9-5-14)27(32)33)21(30)25-18(20(24)29)12-15-6-10-17(28)11-7-15/h4-11,18-19,28H,12-13H2,1-3H3,(H2,24,29)(H,25,30)(H,26,31)/t18?,19-/m0/s1. The van der Waals surface area contributed by atoms with Crippen LogP contribution in [0.3, 0.4) is 0 Å². The summed E-state index contributed by atoms with van der Waals surface area (Å²) in [4.78, 5) is 47.7. The van der Waals surface area contributed by atoms with Gasteiger partial charge in [-0.2, -0.15) is 0 Å². The van der Waals surface area contributed by atoms with Crippen LogP contribution in [0, 0.1) is 10.1 Å². The molecular weight excluding hydrogens is 444 g/mol. The van der Waals surface area contributed by atoms with Crippen LogP contribution in [-0.2, 0) is 27.2 Å². The Morgan fingerprint density at radius 2 is 1.47 bits per heavy atom. The first-order chi connectivity index (χ1) is 15.8. The predicted molar refractivity (Wildman–Crippen MR) is 123 cm³/mol. The number of non-ortho nitro benzene ring substituents is 1. The molecule has 0 heterocycles. The molecule has 2 aromatic carbocycles. The number of rotatable bonds is 9. The summed E-state index contributed by atoms with van der Waals surface area (Å²) in [7, 11) is 0. The number of carbonyl (C=O) groups is 3. The molecule has 5 N–H and O–H groups in total. The first-order valence-corrected chi connectivity index (χ1v) is 10.4. The number of nitro groups is 1. The highest BCUT2D eigenvalue weighted by atomic mass is 16.6. The molecule has 3 amide bonds. The van der Waals surface area contributed by atoms with E-state index in [2.05, 4.69) is 10.6 Å². The van der Waals surface area contributed by atoms with Crippen molar-refractivity contribution in [2.24, 2.45) is 5.73 Å². The van der Waals surface area contributed by atoms with Crippen molar-refractivity contribution in [2.45, 2.75) is 51.3 Å². The fourth-order valence-electron chi connectivity index (χ4n) is 3.01. The normalized spacial score (nSPS) is 12.8. The lowest BCUT2D eigenvalue weighted by Crippen LogP contribution is -2.54.